The molecule has 1 aliphatic heterocycles. The summed E-state index contributed by atoms with van der Waals surface area (Å²) in [5, 5.41) is 9.03. The number of ether oxygens (including phenoxy) is 2. The highest BCUT2D eigenvalue weighted by molar-refractivity contribution is 5.79. The van der Waals surface area contributed by atoms with E-state index in [1.807, 2.05) is 4.90 Å². The first kappa shape index (κ1) is 18.2. The van der Waals surface area contributed by atoms with Crippen LogP contribution in [0.1, 0.15) is 44.9 Å². The topological polar surface area (TPSA) is 76.1 Å². The third kappa shape index (κ3) is 5.46. The van der Waals surface area contributed by atoms with Crippen LogP contribution in [-0.2, 0) is 19.1 Å². The maximum Gasteiger partial charge on any atom is 0.306 e. The quantitative estimate of drug-likeness (QED) is 0.723. The van der Waals surface area contributed by atoms with E-state index >= 15 is 0 Å². The zero-order chi connectivity index (χ0) is 16.7. The van der Waals surface area contributed by atoms with Crippen LogP contribution in [0, 0.1) is 11.8 Å². The molecule has 2 fully saturated rings. The molecule has 1 saturated carbocycles. The first-order valence-electron chi connectivity index (χ1n) is 8.74. The van der Waals surface area contributed by atoms with Crippen LogP contribution in [0.5, 0.6) is 0 Å². The van der Waals surface area contributed by atoms with Crippen molar-refractivity contribution in [3.05, 3.63) is 0 Å². The predicted octanol–water partition coefficient (Wildman–Crippen LogP) is 1.92. The fourth-order valence-electron chi connectivity index (χ4n) is 3.54. The lowest BCUT2D eigenvalue weighted by Crippen LogP contribution is -2.44. The van der Waals surface area contributed by atoms with Gasteiger partial charge in [0, 0.05) is 39.3 Å². The molecule has 1 N–H and O–H groups in total. The molecule has 0 radical (unpaired) electrons. The van der Waals surface area contributed by atoms with Crippen molar-refractivity contribution in [2.24, 2.45) is 11.8 Å². The van der Waals surface area contributed by atoms with Gasteiger partial charge in [-0.2, -0.15) is 0 Å². The van der Waals surface area contributed by atoms with Crippen LogP contribution in [0.3, 0.4) is 0 Å². The zero-order valence-electron chi connectivity index (χ0n) is 14.0. The Labute approximate surface area is 138 Å². The van der Waals surface area contributed by atoms with E-state index in [-0.39, 0.29) is 23.8 Å². The fraction of sp³-hybridized carbons (Fsp3) is 0.882. The second kappa shape index (κ2) is 9.23. The van der Waals surface area contributed by atoms with Crippen LogP contribution in [0.2, 0.25) is 0 Å². The van der Waals surface area contributed by atoms with Crippen molar-refractivity contribution in [1.29, 1.82) is 0 Å². The summed E-state index contributed by atoms with van der Waals surface area (Å²) < 4.78 is 10.8. The first-order valence-corrected chi connectivity index (χ1v) is 8.74. The number of carbonyl (C=O) groups is 2. The molecule has 1 amide bonds. The summed E-state index contributed by atoms with van der Waals surface area (Å²) in [7, 11) is 1.69. The second-order valence-electron chi connectivity index (χ2n) is 6.63. The molecule has 0 bridgehead atoms. The summed E-state index contributed by atoms with van der Waals surface area (Å²) in [6.07, 6.45) is 5.62. The molecule has 0 aromatic heterocycles. The van der Waals surface area contributed by atoms with Crippen LogP contribution in [0.25, 0.3) is 0 Å². The van der Waals surface area contributed by atoms with Gasteiger partial charge in [0.2, 0.25) is 5.91 Å². The van der Waals surface area contributed by atoms with Gasteiger partial charge in [-0.15, -0.1) is 0 Å². The molecule has 132 valence electrons. The molecule has 1 aliphatic carbocycles. The Kier molecular flexibility index (Phi) is 7.30. The number of rotatable bonds is 7. The summed E-state index contributed by atoms with van der Waals surface area (Å²) in [5.74, 6) is -0.746. The van der Waals surface area contributed by atoms with Gasteiger partial charge >= 0.3 is 5.97 Å². The maximum atomic E-state index is 12.6. The normalized spacial score (nSPS) is 26.2. The van der Waals surface area contributed by atoms with Gasteiger partial charge in [-0.05, 0) is 44.9 Å². The third-order valence-electron chi connectivity index (χ3n) is 5.03. The molecule has 23 heavy (non-hydrogen) atoms. The molecule has 6 nitrogen and oxygen atoms in total. The molecule has 0 aromatic carbocycles. The van der Waals surface area contributed by atoms with Gasteiger partial charge in [0.25, 0.3) is 0 Å². The zero-order valence-corrected chi connectivity index (χ0v) is 14.0. The van der Waals surface area contributed by atoms with E-state index in [0.29, 0.717) is 32.3 Å². The third-order valence-corrected chi connectivity index (χ3v) is 5.03. The number of aliphatic carboxylic acids is 1. The van der Waals surface area contributed by atoms with Gasteiger partial charge in [0.1, 0.15) is 0 Å². The Balaban J connectivity index is 1.67. The average molecular weight is 327 g/mol. The molecule has 0 aromatic rings. The summed E-state index contributed by atoms with van der Waals surface area (Å²) in [6.45, 7) is 2.95. The highest BCUT2D eigenvalue weighted by atomic mass is 16.5. The minimum absolute atomic E-state index is 0.0183. The summed E-state index contributed by atoms with van der Waals surface area (Å²) in [5.41, 5.74) is 0. The number of hydrogen-bond acceptors (Lipinski definition) is 4. The molecular weight excluding hydrogens is 298 g/mol. The second-order valence-corrected chi connectivity index (χ2v) is 6.63. The van der Waals surface area contributed by atoms with Crippen molar-refractivity contribution in [2.75, 3.05) is 33.4 Å². The number of carbonyl (C=O) groups excluding carboxylic acids is 1. The smallest absolute Gasteiger partial charge is 0.306 e. The number of amides is 1. The molecule has 1 saturated heterocycles. The van der Waals surface area contributed by atoms with E-state index in [4.69, 9.17) is 14.6 Å². The van der Waals surface area contributed by atoms with Crippen molar-refractivity contribution in [3.8, 4) is 0 Å². The number of hydrogen-bond donors (Lipinski definition) is 1. The highest BCUT2D eigenvalue weighted by Gasteiger charge is 2.33. The number of methoxy groups -OCH3 is 1. The average Bonchev–Trinajstić information content (AvgIpc) is 2.59. The Morgan fingerprint density at radius 2 is 1.61 bits per heavy atom. The Bertz CT molecular complexity index is 384. The van der Waals surface area contributed by atoms with Gasteiger partial charge in [-0.25, -0.2) is 0 Å². The van der Waals surface area contributed by atoms with E-state index in [2.05, 4.69) is 0 Å². The fourth-order valence-corrected chi connectivity index (χ4v) is 3.54. The Morgan fingerprint density at radius 1 is 1.00 bits per heavy atom. The Hall–Kier alpha value is -1.14. The van der Waals surface area contributed by atoms with Crippen molar-refractivity contribution in [1.82, 2.24) is 4.90 Å². The molecule has 2 aliphatic rings. The molecule has 0 atom stereocenters. The van der Waals surface area contributed by atoms with Crippen molar-refractivity contribution < 1.29 is 24.2 Å². The summed E-state index contributed by atoms with van der Waals surface area (Å²) in [6, 6.07) is 0. The lowest BCUT2D eigenvalue weighted by atomic mass is 9.81. The van der Waals surface area contributed by atoms with E-state index in [9.17, 15) is 9.59 Å². The van der Waals surface area contributed by atoms with Gasteiger partial charge in [0.05, 0.1) is 12.0 Å². The standard InChI is InChI=1S/C17H29NO5/c1-22-11-2-12-23-15-7-9-18(10-8-15)16(19)13-3-5-14(6-4-13)17(20)21/h13-15H,2-12H2,1H3,(H,20,21). The molecule has 0 spiro atoms. The van der Waals surface area contributed by atoms with E-state index < -0.39 is 5.97 Å². The van der Waals surface area contributed by atoms with Crippen molar-refractivity contribution in [2.45, 2.75) is 51.0 Å². The maximum absolute atomic E-state index is 12.6. The monoisotopic (exact) mass is 327 g/mol. The molecule has 2 rings (SSSR count). The van der Waals surface area contributed by atoms with Crippen LogP contribution in [0.4, 0.5) is 0 Å². The summed E-state index contributed by atoms with van der Waals surface area (Å²) in [4.78, 5) is 25.5. The van der Waals surface area contributed by atoms with Crippen molar-refractivity contribution in [3.63, 3.8) is 0 Å². The number of carboxylic acids is 1. The van der Waals surface area contributed by atoms with Gasteiger partial charge in [-0.3, -0.25) is 9.59 Å². The van der Waals surface area contributed by atoms with Crippen LogP contribution in [0.15, 0.2) is 0 Å². The lowest BCUT2D eigenvalue weighted by Gasteiger charge is -2.35. The summed E-state index contributed by atoms with van der Waals surface area (Å²) >= 11 is 0. The SMILES string of the molecule is COCCCOC1CCN(C(=O)C2CCC(C(=O)O)CC2)CC1. The van der Waals surface area contributed by atoms with Gasteiger partial charge < -0.3 is 19.5 Å². The minimum atomic E-state index is -0.720. The molecule has 1 heterocycles. The minimum Gasteiger partial charge on any atom is -0.481 e. The Morgan fingerprint density at radius 3 is 2.17 bits per heavy atom. The predicted molar refractivity (Wildman–Crippen MR) is 85.1 cm³/mol. The number of likely N-dealkylation sites (tertiary alicyclic amines) is 1. The van der Waals surface area contributed by atoms with Gasteiger partial charge in [0.15, 0.2) is 0 Å². The van der Waals surface area contributed by atoms with Crippen LogP contribution in [-0.4, -0.2) is 61.4 Å². The molecule has 6 heteroatoms. The number of piperidine rings is 1. The van der Waals surface area contributed by atoms with Crippen molar-refractivity contribution >= 4 is 11.9 Å². The highest BCUT2D eigenvalue weighted by Crippen LogP contribution is 2.31. The molecular formula is C17H29NO5. The molecule has 0 unspecified atom stereocenters. The van der Waals surface area contributed by atoms with E-state index in [1.165, 1.54) is 0 Å². The number of carboxylic acid groups (broad SMARTS) is 1. The van der Waals surface area contributed by atoms with Crippen LogP contribution >= 0.6 is 0 Å². The van der Waals surface area contributed by atoms with E-state index in [1.54, 1.807) is 7.11 Å². The van der Waals surface area contributed by atoms with Gasteiger partial charge in [-0.1, -0.05) is 0 Å². The largest absolute Gasteiger partial charge is 0.481 e. The number of nitrogens with zero attached hydrogens (tertiary/aromatic N) is 1. The lowest BCUT2D eigenvalue weighted by molar-refractivity contribution is -0.146. The van der Waals surface area contributed by atoms with E-state index in [0.717, 1.165) is 39.0 Å². The first-order chi connectivity index (χ1) is 11.1. The van der Waals surface area contributed by atoms with Crippen LogP contribution < -0.4 is 0 Å².